The molecule has 0 saturated heterocycles. The van der Waals surface area contributed by atoms with Gasteiger partial charge in [-0.3, -0.25) is 0 Å². The summed E-state index contributed by atoms with van der Waals surface area (Å²) in [4.78, 5) is 37.3. The Labute approximate surface area is 186 Å². The van der Waals surface area contributed by atoms with Crippen molar-refractivity contribution in [2.24, 2.45) is 5.92 Å². The molecule has 168 valence electrons. The van der Waals surface area contributed by atoms with Gasteiger partial charge < -0.3 is 19.2 Å². The predicted molar refractivity (Wildman–Crippen MR) is 118 cm³/mol. The summed E-state index contributed by atoms with van der Waals surface area (Å²) < 4.78 is 16.2. The van der Waals surface area contributed by atoms with Crippen LogP contribution in [0.25, 0.3) is 11.0 Å². The first-order chi connectivity index (χ1) is 14.4. The van der Waals surface area contributed by atoms with Gasteiger partial charge in [0.1, 0.15) is 17.2 Å². The van der Waals surface area contributed by atoms with Gasteiger partial charge in [-0.25, -0.2) is 14.4 Å². The number of alkyl carbamates (subject to hydrolysis) is 1. The number of ether oxygens (including phenoxy) is 2. The SMILES string of the molecule is CC(C)C[C@@H](NC(=O)OC(C)(C)C)C(=O)Oc1cc2oc(=O)c3c(c2cc1Cl)CCC3. The molecule has 3 rings (SSSR count). The van der Waals surface area contributed by atoms with Crippen molar-refractivity contribution in [3.63, 3.8) is 0 Å². The molecule has 1 aliphatic carbocycles. The monoisotopic (exact) mass is 449 g/mol. The summed E-state index contributed by atoms with van der Waals surface area (Å²) >= 11 is 6.38. The molecule has 0 spiro atoms. The smallest absolute Gasteiger partial charge is 0.408 e. The van der Waals surface area contributed by atoms with Gasteiger partial charge in [-0.2, -0.15) is 0 Å². The van der Waals surface area contributed by atoms with Gasteiger partial charge in [-0.05, 0) is 64.0 Å². The molecule has 1 aromatic heterocycles. The van der Waals surface area contributed by atoms with Crippen LogP contribution in [0.2, 0.25) is 5.02 Å². The summed E-state index contributed by atoms with van der Waals surface area (Å²) in [6, 6.07) is 2.19. The molecule has 0 fully saturated rings. The van der Waals surface area contributed by atoms with Crippen LogP contribution in [-0.2, 0) is 22.4 Å². The zero-order chi connectivity index (χ0) is 22.9. The molecule has 0 unspecified atom stereocenters. The quantitative estimate of drug-likeness (QED) is 0.401. The average Bonchev–Trinajstić information content (AvgIpc) is 3.11. The number of amides is 1. The number of hydrogen-bond acceptors (Lipinski definition) is 6. The predicted octanol–water partition coefficient (Wildman–Crippen LogP) is 4.78. The number of benzene rings is 1. The van der Waals surface area contributed by atoms with Crippen LogP contribution in [0.4, 0.5) is 4.79 Å². The van der Waals surface area contributed by atoms with Crippen LogP contribution < -0.4 is 15.7 Å². The van der Waals surface area contributed by atoms with Crippen molar-refractivity contribution in [1.29, 1.82) is 0 Å². The Morgan fingerprint density at radius 2 is 1.87 bits per heavy atom. The van der Waals surface area contributed by atoms with Crippen molar-refractivity contribution in [3.05, 3.63) is 38.7 Å². The minimum absolute atomic E-state index is 0.0695. The van der Waals surface area contributed by atoms with E-state index in [1.165, 1.54) is 6.07 Å². The Bertz CT molecular complexity index is 1070. The topological polar surface area (TPSA) is 94.8 Å². The summed E-state index contributed by atoms with van der Waals surface area (Å²) in [5.74, 6) is -0.496. The third-order valence-electron chi connectivity index (χ3n) is 4.92. The highest BCUT2D eigenvalue weighted by atomic mass is 35.5. The number of rotatable bonds is 5. The number of carbonyl (C=O) groups is 2. The third kappa shape index (κ3) is 5.58. The molecule has 1 aliphatic rings. The minimum atomic E-state index is -0.923. The number of carbonyl (C=O) groups excluding carboxylic acids is 2. The van der Waals surface area contributed by atoms with E-state index in [1.807, 2.05) is 13.8 Å². The fourth-order valence-electron chi connectivity index (χ4n) is 3.68. The van der Waals surface area contributed by atoms with E-state index in [0.29, 0.717) is 24.0 Å². The Morgan fingerprint density at radius 1 is 1.19 bits per heavy atom. The van der Waals surface area contributed by atoms with Gasteiger partial charge in [0.15, 0.2) is 5.75 Å². The van der Waals surface area contributed by atoms with Crippen molar-refractivity contribution < 1.29 is 23.5 Å². The van der Waals surface area contributed by atoms with Crippen molar-refractivity contribution in [1.82, 2.24) is 5.32 Å². The highest BCUT2D eigenvalue weighted by molar-refractivity contribution is 6.33. The van der Waals surface area contributed by atoms with E-state index in [-0.39, 0.29) is 22.3 Å². The molecule has 0 aliphatic heterocycles. The van der Waals surface area contributed by atoms with E-state index in [1.54, 1.807) is 26.8 Å². The third-order valence-corrected chi connectivity index (χ3v) is 5.21. The van der Waals surface area contributed by atoms with E-state index in [0.717, 1.165) is 23.8 Å². The first kappa shape index (κ1) is 23.1. The summed E-state index contributed by atoms with van der Waals surface area (Å²) in [6.07, 6.45) is 2.01. The van der Waals surface area contributed by atoms with Crippen molar-refractivity contribution in [2.75, 3.05) is 0 Å². The van der Waals surface area contributed by atoms with E-state index in [9.17, 15) is 14.4 Å². The van der Waals surface area contributed by atoms with Crippen LogP contribution in [-0.4, -0.2) is 23.7 Å². The minimum Gasteiger partial charge on any atom is -0.444 e. The molecular formula is C23H28ClNO6. The lowest BCUT2D eigenvalue weighted by atomic mass is 10.0. The van der Waals surface area contributed by atoms with Crippen molar-refractivity contribution in [3.8, 4) is 5.75 Å². The number of aryl methyl sites for hydroxylation is 1. The van der Waals surface area contributed by atoms with Gasteiger partial charge in [0.2, 0.25) is 0 Å². The van der Waals surface area contributed by atoms with Gasteiger partial charge >= 0.3 is 17.7 Å². The lowest BCUT2D eigenvalue weighted by Crippen LogP contribution is -2.45. The second-order valence-corrected chi connectivity index (χ2v) is 9.64. The van der Waals surface area contributed by atoms with Crippen LogP contribution in [0.5, 0.6) is 5.75 Å². The lowest BCUT2D eigenvalue weighted by molar-refractivity contribution is -0.137. The van der Waals surface area contributed by atoms with Gasteiger partial charge in [0.05, 0.1) is 5.02 Å². The normalized spacial score (nSPS) is 14.4. The number of esters is 1. The Kier molecular flexibility index (Phi) is 6.65. The first-order valence-electron chi connectivity index (χ1n) is 10.4. The summed E-state index contributed by atoms with van der Waals surface area (Å²) in [5.41, 5.74) is 0.875. The standard InChI is InChI=1S/C23H28ClNO6/c1-12(2)9-17(25-22(28)31-23(3,4)5)21(27)30-19-11-18-15(10-16(19)24)13-7-6-8-14(13)20(26)29-18/h10-12,17H,6-9H2,1-5H3,(H,25,28)/t17-/m1/s1. The van der Waals surface area contributed by atoms with E-state index >= 15 is 0 Å². The fraction of sp³-hybridized carbons (Fsp3) is 0.522. The Hall–Kier alpha value is -2.54. The van der Waals surface area contributed by atoms with Gasteiger partial charge in [0.25, 0.3) is 0 Å². The highest BCUT2D eigenvalue weighted by Gasteiger charge is 2.28. The zero-order valence-electron chi connectivity index (χ0n) is 18.5. The summed E-state index contributed by atoms with van der Waals surface area (Å²) in [6.45, 7) is 9.07. The summed E-state index contributed by atoms with van der Waals surface area (Å²) in [7, 11) is 0. The number of nitrogens with one attached hydrogen (secondary N) is 1. The molecule has 1 heterocycles. The molecule has 31 heavy (non-hydrogen) atoms. The molecular weight excluding hydrogens is 422 g/mol. The number of fused-ring (bicyclic) bond motifs is 3. The van der Waals surface area contributed by atoms with Crippen LogP contribution in [0.3, 0.4) is 0 Å². The molecule has 8 heteroatoms. The number of hydrogen-bond donors (Lipinski definition) is 1. The first-order valence-corrected chi connectivity index (χ1v) is 10.8. The molecule has 7 nitrogen and oxygen atoms in total. The van der Waals surface area contributed by atoms with Gasteiger partial charge in [-0.15, -0.1) is 0 Å². The van der Waals surface area contributed by atoms with Gasteiger partial charge in [0, 0.05) is 17.0 Å². The van der Waals surface area contributed by atoms with Gasteiger partial charge in [-0.1, -0.05) is 25.4 Å². The van der Waals surface area contributed by atoms with Crippen LogP contribution in [0.1, 0.15) is 58.6 Å². The summed E-state index contributed by atoms with van der Waals surface area (Å²) in [5, 5.41) is 3.55. The molecule has 0 radical (unpaired) electrons. The largest absolute Gasteiger partial charge is 0.444 e. The van der Waals surface area contributed by atoms with Crippen LogP contribution in [0.15, 0.2) is 21.3 Å². The average molecular weight is 450 g/mol. The maximum absolute atomic E-state index is 12.8. The zero-order valence-corrected chi connectivity index (χ0v) is 19.2. The molecule has 0 bridgehead atoms. The highest BCUT2D eigenvalue weighted by Crippen LogP contribution is 2.35. The van der Waals surface area contributed by atoms with E-state index in [2.05, 4.69) is 5.32 Å². The second kappa shape index (κ2) is 8.91. The molecule has 1 N–H and O–H groups in total. The molecule has 1 atom stereocenters. The molecule has 2 aromatic rings. The van der Waals surface area contributed by atoms with Crippen LogP contribution >= 0.6 is 11.6 Å². The maximum atomic E-state index is 12.8. The molecule has 1 aromatic carbocycles. The number of halogens is 1. The van der Waals surface area contributed by atoms with E-state index in [4.69, 9.17) is 25.5 Å². The van der Waals surface area contributed by atoms with Crippen LogP contribution in [0, 0.1) is 5.92 Å². The molecule has 0 saturated carbocycles. The molecule has 1 amide bonds. The maximum Gasteiger partial charge on any atom is 0.408 e. The Morgan fingerprint density at radius 3 is 2.52 bits per heavy atom. The fourth-order valence-corrected chi connectivity index (χ4v) is 3.88. The Balaban J connectivity index is 1.85. The second-order valence-electron chi connectivity index (χ2n) is 9.23. The lowest BCUT2D eigenvalue weighted by Gasteiger charge is -2.23. The van der Waals surface area contributed by atoms with Crippen molar-refractivity contribution >= 4 is 34.6 Å². The van der Waals surface area contributed by atoms with E-state index < -0.39 is 23.7 Å². The van der Waals surface area contributed by atoms with Crippen molar-refractivity contribution in [2.45, 2.75) is 71.9 Å².